The highest BCUT2D eigenvalue weighted by Gasteiger charge is 2.32. The average Bonchev–Trinajstić information content (AvgIpc) is 3.25. The largest absolute Gasteiger partial charge is 0.341 e. The number of piperidine rings is 1. The van der Waals surface area contributed by atoms with E-state index in [1.165, 1.54) is 11.1 Å². The van der Waals surface area contributed by atoms with Crippen LogP contribution in [-0.2, 0) is 29.1 Å². The molecule has 2 amide bonds. The van der Waals surface area contributed by atoms with Crippen molar-refractivity contribution in [3.05, 3.63) is 47.8 Å². The lowest BCUT2D eigenvalue weighted by Gasteiger charge is -2.38. The highest BCUT2D eigenvalue weighted by atomic mass is 16.2. The number of benzene rings is 1. The molecule has 2 aliphatic heterocycles. The van der Waals surface area contributed by atoms with Crippen molar-refractivity contribution in [2.45, 2.75) is 52.2 Å². The molecule has 1 aromatic heterocycles. The first-order valence-corrected chi connectivity index (χ1v) is 11.0. The number of nitrogens with one attached hydrogen (secondary N) is 1. The van der Waals surface area contributed by atoms with Crippen molar-refractivity contribution in [1.82, 2.24) is 19.6 Å². The van der Waals surface area contributed by atoms with Crippen LogP contribution in [0.5, 0.6) is 0 Å². The Morgan fingerprint density at radius 1 is 1.17 bits per heavy atom. The number of rotatable bonds is 5. The molecule has 1 aromatic carbocycles. The number of anilines is 1. The maximum absolute atomic E-state index is 13.1. The number of hydrogen-bond donors (Lipinski definition) is 1. The molecule has 0 aliphatic carbocycles. The van der Waals surface area contributed by atoms with Crippen molar-refractivity contribution in [1.29, 1.82) is 0 Å². The van der Waals surface area contributed by atoms with E-state index in [9.17, 15) is 9.59 Å². The first kappa shape index (κ1) is 20.6. The number of likely N-dealkylation sites (tertiary alicyclic amines) is 1. The van der Waals surface area contributed by atoms with Gasteiger partial charge in [-0.25, -0.2) is 0 Å². The van der Waals surface area contributed by atoms with Crippen LogP contribution in [0.3, 0.4) is 0 Å². The molecule has 1 atom stereocenters. The van der Waals surface area contributed by atoms with Crippen LogP contribution in [0.15, 0.2) is 36.7 Å². The molecule has 1 fully saturated rings. The van der Waals surface area contributed by atoms with Gasteiger partial charge in [-0.1, -0.05) is 24.3 Å². The molecule has 0 saturated carbocycles. The SMILES string of the molecule is CCn1cc(NC(=O)C2CCN(C(=O)C(C)N3CCc4ccccc4C3)CC2)cn1. The van der Waals surface area contributed by atoms with Crippen molar-refractivity contribution >= 4 is 17.5 Å². The summed E-state index contributed by atoms with van der Waals surface area (Å²) in [6.45, 7) is 7.81. The summed E-state index contributed by atoms with van der Waals surface area (Å²) in [5.41, 5.74) is 3.45. The van der Waals surface area contributed by atoms with E-state index >= 15 is 0 Å². The van der Waals surface area contributed by atoms with E-state index in [2.05, 4.69) is 39.6 Å². The molecule has 1 N–H and O–H groups in total. The van der Waals surface area contributed by atoms with Gasteiger partial charge in [-0.15, -0.1) is 0 Å². The van der Waals surface area contributed by atoms with Crippen molar-refractivity contribution in [2.75, 3.05) is 25.0 Å². The molecule has 7 nitrogen and oxygen atoms in total. The van der Waals surface area contributed by atoms with Gasteiger partial charge >= 0.3 is 0 Å². The highest BCUT2D eigenvalue weighted by molar-refractivity contribution is 5.92. The molecule has 160 valence electrons. The summed E-state index contributed by atoms with van der Waals surface area (Å²) in [6.07, 6.45) is 5.92. The van der Waals surface area contributed by atoms with Gasteiger partial charge in [0.25, 0.3) is 0 Å². The van der Waals surface area contributed by atoms with Gasteiger partial charge in [-0.3, -0.25) is 19.2 Å². The van der Waals surface area contributed by atoms with Crippen LogP contribution in [0, 0.1) is 5.92 Å². The topological polar surface area (TPSA) is 70.5 Å². The molecule has 30 heavy (non-hydrogen) atoms. The molecule has 2 aliphatic rings. The minimum absolute atomic E-state index is 0.0263. The molecule has 0 radical (unpaired) electrons. The van der Waals surface area contributed by atoms with Gasteiger partial charge in [-0.05, 0) is 44.2 Å². The molecule has 1 saturated heterocycles. The van der Waals surface area contributed by atoms with Crippen LogP contribution in [-0.4, -0.2) is 57.1 Å². The first-order valence-electron chi connectivity index (χ1n) is 11.0. The lowest BCUT2D eigenvalue weighted by Crippen LogP contribution is -2.51. The van der Waals surface area contributed by atoms with E-state index in [4.69, 9.17) is 0 Å². The summed E-state index contributed by atoms with van der Waals surface area (Å²) in [5, 5.41) is 7.15. The summed E-state index contributed by atoms with van der Waals surface area (Å²) in [6, 6.07) is 8.36. The predicted octanol–water partition coefficient (Wildman–Crippen LogP) is 2.53. The van der Waals surface area contributed by atoms with Gasteiger partial charge in [-0.2, -0.15) is 5.10 Å². The Kier molecular flexibility index (Phi) is 6.18. The van der Waals surface area contributed by atoms with Crippen molar-refractivity contribution in [3.63, 3.8) is 0 Å². The molecular formula is C23H31N5O2. The zero-order valence-electron chi connectivity index (χ0n) is 17.9. The van der Waals surface area contributed by atoms with Crippen LogP contribution in [0.25, 0.3) is 0 Å². The number of aromatic nitrogens is 2. The highest BCUT2D eigenvalue weighted by Crippen LogP contribution is 2.24. The second-order valence-corrected chi connectivity index (χ2v) is 8.34. The molecule has 3 heterocycles. The molecular weight excluding hydrogens is 378 g/mol. The number of nitrogens with zero attached hydrogens (tertiary/aromatic N) is 4. The molecule has 1 unspecified atom stereocenters. The van der Waals surface area contributed by atoms with E-state index in [-0.39, 0.29) is 23.8 Å². The lowest BCUT2D eigenvalue weighted by atomic mass is 9.95. The van der Waals surface area contributed by atoms with Crippen molar-refractivity contribution in [2.24, 2.45) is 5.92 Å². The van der Waals surface area contributed by atoms with Gasteiger partial charge in [0.05, 0.1) is 17.9 Å². The molecule has 7 heteroatoms. The van der Waals surface area contributed by atoms with Crippen LogP contribution >= 0.6 is 0 Å². The number of carbonyl (C=O) groups excluding carboxylic acids is 2. The van der Waals surface area contributed by atoms with Gasteiger partial charge in [0.1, 0.15) is 0 Å². The van der Waals surface area contributed by atoms with Crippen molar-refractivity contribution in [3.8, 4) is 0 Å². The Hall–Kier alpha value is -2.67. The van der Waals surface area contributed by atoms with Gasteiger partial charge in [0, 0.05) is 44.8 Å². The third-order valence-electron chi connectivity index (χ3n) is 6.47. The van der Waals surface area contributed by atoms with E-state index in [1.54, 1.807) is 10.9 Å². The maximum Gasteiger partial charge on any atom is 0.239 e. The normalized spacial score (nSPS) is 18.7. The monoisotopic (exact) mass is 409 g/mol. The quantitative estimate of drug-likeness (QED) is 0.824. The summed E-state index contributed by atoms with van der Waals surface area (Å²) in [5.74, 6) is 0.145. The zero-order valence-corrected chi connectivity index (χ0v) is 17.9. The lowest BCUT2D eigenvalue weighted by molar-refractivity contribution is -0.139. The third kappa shape index (κ3) is 4.41. The zero-order chi connectivity index (χ0) is 21.1. The van der Waals surface area contributed by atoms with Gasteiger partial charge < -0.3 is 10.2 Å². The molecule has 4 rings (SSSR count). The number of amides is 2. The smallest absolute Gasteiger partial charge is 0.239 e. The Balaban J connectivity index is 1.28. The van der Waals surface area contributed by atoms with Crippen LogP contribution in [0.2, 0.25) is 0 Å². The standard InChI is InChI=1S/C23H31N5O2/c1-3-28-16-21(14-24-28)25-22(29)19-9-11-26(12-10-19)23(30)17(2)27-13-8-18-6-4-5-7-20(18)15-27/h4-7,14,16-17,19H,3,8-13,15H2,1-2H3,(H,25,29). The summed E-state index contributed by atoms with van der Waals surface area (Å²) in [7, 11) is 0. The molecule has 2 aromatic rings. The van der Waals surface area contributed by atoms with E-state index in [0.29, 0.717) is 25.9 Å². The van der Waals surface area contributed by atoms with Crippen LogP contribution in [0.4, 0.5) is 5.69 Å². The van der Waals surface area contributed by atoms with E-state index in [1.807, 2.05) is 24.9 Å². The average molecular weight is 410 g/mol. The van der Waals surface area contributed by atoms with Gasteiger partial charge in [0.2, 0.25) is 11.8 Å². The first-order chi connectivity index (χ1) is 14.5. The second-order valence-electron chi connectivity index (χ2n) is 8.34. The fraction of sp³-hybridized carbons (Fsp3) is 0.522. The predicted molar refractivity (Wildman–Crippen MR) is 116 cm³/mol. The second kappa shape index (κ2) is 9.00. The number of carbonyl (C=O) groups is 2. The van der Waals surface area contributed by atoms with E-state index < -0.39 is 0 Å². The fourth-order valence-corrected chi connectivity index (χ4v) is 4.48. The number of fused-ring (bicyclic) bond motifs is 1. The van der Waals surface area contributed by atoms with Crippen molar-refractivity contribution < 1.29 is 9.59 Å². The summed E-state index contributed by atoms with van der Waals surface area (Å²) in [4.78, 5) is 29.9. The Labute approximate surface area is 178 Å². The number of aryl methyl sites for hydroxylation is 1. The molecule has 0 bridgehead atoms. The molecule has 0 spiro atoms. The Bertz CT molecular complexity index is 901. The summed E-state index contributed by atoms with van der Waals surface area (Å²) >= 11 is 0. The number of hydrogen-bond acceptors (Lipinski definition) is 4. The van der Waals surface area contributed by atoms with E-state index in [0.717, 1.165) is 31.7 Å². The summed E-state index contributed by atoms with van der Waals surface area (Å²) < 4.78 is 1.79. The van der Waals surface area contributed by atoms with Gasteiger partial charge in [0.15, 0.2) is 0 Å². The van der Waals surface area contributed by atoms with Crippen LogP contribution in [0.1, 0.15) is 37.8 Å². The maximum atomic E-state index is 13.1. The fourth-order valence-electron chi connectivity index (χ4n) is 4.48. The minimum Gasteiger partial charge on any atom is -0.341 e. The Morgan fingerprint density at radius 2 is 1.90 bits per heavy atom. The third-order valence-corrected chi connectivity index (χ3v) is 6.47. The minimum atomic E-state index is -0.136. The Morgan fingerprint density at radius 3 is 2.60 bits per heavy atom. The van der Waals surface area contributed by atoms with Crippen LogP contribution < -0.4 is 5.32 Å².